The number of anilines is 1. The average Bonchev–Trinajstić information content (AvgIpc) is 3.37. The van der Waals surface area contributed by atoms with E-state index in [4.69, 9.17) is 15.1 Å². The Morgan fingerprint density at radius 3 is 2.66 bits per heavy atom. The number of benzene rings is 1. The standard InChI is InChI=1S/C20H24N8O/c1-2-10-27-18(29)16-17(24-19(23-16)26-11-8-21-9-12-26)28-20(27)22-15(25-28)13-14-6-4-3-5-7-14/h3-7,21H,2,8-13H2,1H3,(H,23,24). The predicted molar refractivity (Wildman–Crippen MR) is 112 cm³/mol. The van der Waals surface area contributed by atoms with Crippen molar-refractivity contribution in [2.75, 3.05) is 31.1 Å². The molecule has 4 heterocycles. The van der Waals surface area contributed by atoms with Crippen LogP contribution in [0.3, 0.4) is 0 Å². The summed E-state index contributed by atoms with van der Waals surface area (Å²) >= 11 is 0. The van der Waals surface area contributed by atoms with Crippen molar-refractivity contribution in [2.45, 2.75) is 26.3 Å². The van der Waals surface area contributed by atoms with Crippen LogP contribution >= 0.6 is 0 Å². The third-order valence-electron chi connectivity index (χ3n) is 5.28. The van der Waals surface area contributed by atoms with Crippen molar-refractivity contribution in [3.8, 4) is 0 Å². The Labute approximate surface area is 167 Å². The van der Waals surface area contributed by atoms with Gasteiger partial charge in [-0.3, -0.25) is 9.36 Å². The fourth-order valence-electron chi connectivity index (χ4n) is 3.85. The third-order valence-corrected chi connectivity index (χ3v) is 5.28. The van der Waals surface area contributed by atoms with E-state index in [9.17, 15) is 4.79 Å². The van der Waals surface area contributed by atoms with Crippen LogP contribution in [0.15, 0.2) is 35.1 Å². The van der Waals surface area contributed by atoms with Crippen molar-refractivity contribution < 1.29 is 0 Å². The van der Waals surface area contributed by atoms with Gasteiger partial charge in [0.2, 0.25) is 11.7 Å². The normalized spacial score (nSPS) is 14.9. The van der Waals surface area contributed by atoms with Gasteiger partial charge in [0.15, 0.2) is 17.0 Å². The topological polar surface area (TPSA) is 96.1 Å². The molecular weight excluding hydrogens is 368 g/mol. The lowest BCUT2D eigenvalue weighted by Gasteiger charge is -2.26. The summed E-state index contributed by atoms with van der Waals surface area (Å²) in [4.78, 5) is 28.0. The Kier molecular flexibility index (Phi) is 4.51. The van der Waals surface area contributed by atoms with Crippen LogP contribution in [0.4, 0.5) is 5.95 Å². The molecule has 1 fully saturated rings. The number of aromatic amines is 1. The first kappa shape index (κ1) is 17.9. The van der Waals surface area contributed by atoms with Gasteiger partial charge in [-0.2, -0.15) is 14.5 Å². The molecule has 1 aliphatic rings. The lowest BCUT2D eigenvalue weighted by Crippen LogP contribution is -2.44. The number of hydrogen-bond donors (Lipinski definition) is 2. The number of aromatic nitrogens is 6. The minimum Gasteiger partial charge on any atom is -0.340 e. The van der Waals surface area contributed by atoms with E-state index in [-0.39, 0.29) is 5.56 Å². The summed E-state index contributed by atoms with van der Waals surface area (Å²) in [6, 6.07) is 10.1. The molecule has 4 aromatic rings. The fraction of sp³-hybridized carbons (Fsp3) is 0.400. The molecule has 0 atom stereocenters. The van der Waals surface area contributed by atoms with Gasteiger partial charge in [0.05, 0.1) is 0 Å². The molecule has 3 aromatic heterocycles. The van der Waals surface area contributed by atoms with E-state index in [1.807, 2.05) is 25.1 Å². The summed E-state index contributed by atoms with van der Waals surface area (Å²) in [5, 5.41) is 8.05. The molecule has 0 bridgehead atoms. The summed E-state index contributed by atoms with van der Waals surface area (Å²) in [6.45, 7) is 6.14. The molecule has 1 aliphatic heterocycles. The van der Waals surface area contributed by atoms with Crippen LogP contribution in [0, 0.1) is 0 Å². The summed E-state index contributed by atoms with van der Waals surface area (Å²) in [5.74, 6) is 1.95. The lowest BCUT2D eigenvalue weighted by atomic mass is 10.1. The van der Waals surface area contributed by atoms with E-state index in [1.54, 1.807) is 9.08 Å². The van der Waals surface area contributed by atoms with Crippen molar-refractivity contribution in [1.82, 2.24) is 34.4 Å². The number of piperazine rings is 1. The van der Waals surface area contributed by atoms with Gasteiger partial charge in [-0.05, 0) is 12.0 Å². The Morgan fingerprint density at radius 2 is 1.90 bits per heavy atom. The van der Waals surface area contributed by atoms with Crippen LogP contribution in [0.2, 0.25) is 0 Å². The lowest BCUT2D eigenvalue weighted by molar-refractivity contribution is 0.582. The van der Waals surface area contributed by atoms with Crippen LogP contribution in [0.25, 0.3) is 16.9 Å². The number of aryl methyl sites for hydroxylation is 1. The van der Waals surface area contributed by atoms with Gasteiger partial charge in [-0.1, -0.05) is 37.3 Å². The highest BCUT2D eigenvalue weighted by Crippen LogP contribution is 2.17. The first-order valence-electron chi connectivity index (χ1n) is 10.1. The van der Waals surface area contributed by atoms with E-state index in [0.717, 1.165) is 38.2 Å². The zero-order chi connectivity index (χ0) is 19.8. The SMILES string of the molecule is CCCn1c(=O)c2[nH]c(N3CCNCC3)nc2n2nc(Cc3ccccc3)nc12. The molecule has 5 rings (SSSR count). The number of rotatable bonds is 5. The van der Waals surface area contributed by atoms with Crippen molar-refractivity contribution in [2.24, 2.45) is 0 Å². The highest BCUT2D eigenvalue weighted by Gasteiger charge is 2.21. The van der Waals surface area contributed by atoms with Gasteiger partial charge < -0.3 is 15.2 Å². The van der Waals surface area contributed by atoms with Crippen LogP contribution in [0.1, 0.15) is 24.7 Å². The van der Waals surface area contributed by atoms with Gasteiger partial charge in [0.25, 0.3) is 5.56 Å². The van der Waals surface area contributed by atoms with Crippen LogP contribution in [-0.4, -0.2) is 55.3 Å². The van der Waals surface area contributed by atoms with E-state index in [0.29, 0.717) is 41.7 Å². The molecular formula is C20H24N8O. The maximum absolute atomic E-state index is 13.2. The average molecular weight is 392 g/mol. The minimum absolute atomic E-state index is 0.0955. The molecule has 9 heteroatoms. The summed E-state index contributed by atoms with van der Waals surface area (Å²) in [5.41, 5.74) is 2.06. The van der Waals surface area contributed by atoms with Gasteiger partial charge >= 0.3 is 0 Å². The minimum atomic E-state index is -0.0955. The van der Waals surface area contributed by atoms with Gasteiger partial charge in [0.1, 0.15) is 0 Å². The number of H-pyrrole nitrogens is 1. The van der Waals surface area contributed by atoms with Crippen molar-refractivity contribution >= 4 is 22.9 Å². The van der Waals surface area contributed by atoms with E-state index >= 15 is 0 Å². The number of hydrogen-bond acceptors (Lipinski definition) is 6. The van der Waals surface area contributed by atoms with Crippen molar-refractivity contribution in [3.63, 3.8) is 0 Å². The molecule has 0 radical (unpaired) electrons. The monoisotopic (exact) mass is 392 g/mol. The van der Waals surface area contributed by atoms with Gasteiger partial charge in [-0.15, -0.1) is 5.10 Å². The number of nitrogens with one attached hydrogen (secondary N) is 2. The number of nitrogens with zero attached hydrogens (tertiary/aromatic N) is 6. The molecule has 1 saturated heterocycles. The highest BCUT2D eigenvalue weighted by molar-refractivity contribution is 5.75. The molecule has 2 N–H and O–H groups in total. The maximum Gasteiger partial charge on any atom is 0.281 e. The molecule has 0 spiro atoms. The maximum atomic E-state index is 13.2. The third kappa shape index (κ3) is 3.17. The van der Waals surface area contributed by atoms with Crippen LogP contribution in [0.5, 0.6) is 0 Å². The Morgan fingerprint density at radius 1 is 1.10 bits per heavy atom. The zero-order valence-corrected chi connectivity index (χ0v) is 16.4. The molecule has 29 heavy (non-hydrogen) atoms. The second-order valence-corrected chi connectivity index (χ2v) is 7.36. The van der Waals surface area contributed by atoms with E-state index in [2.05, 4.69) is 27.3 Å². The summed E-state index contributed by atoms with van der Waals surface area (Å²) < 4.78 is 3.41. The van der Waals surface area contributed by atoms with Crippen LogP contribution in [-0.2, 0) is 13.0 Å². The molecule has 9 nitrogen and oxygen atoms in total. The second kappa shape index (κ2) is 7.32. The molecule has 0 saturated carbocycles. The van der Waals surface area contributed by atoms with Crippen LogP contribution < -0.4 is 15.8 Å². The Hall–Kier alpha value is -3.20. The first-order chi connectivity index (χ1) is 14.2. The van der Waals surface area contributed by atoms with E-state index in [1.165, 1.54) is 0 Å². The Bertz CT molecular complexity index is 1200. The second-order valence-electron chi connectivity index (χ2n) is 7.36. The number of imidazole rings is 1. The van der Waals surface area contributed by atoms with E-state index < -0.39 is 0 Å². The first-order valence-corrected chi connectivity index (χ1v) is 10.1. The largest absolute Gasteiger partial charge is 0.340 e. The van der Waals surface area contributed by atoms with Crippen molar-refractivity contribution in [1.29, 1.82) is 0 Å². The smallest absolute Gasteiger partial charge is 0.281 e. The fourth-order valence-corrected chi connectivity index (χ4v) is 3.85. The Balaban J connectivity index is 1.66. The molecule has 0 aliphatic carbocycles. The molecule has 0 amide bonds. The summed E-state index contributed by atoms with van der Waals surface area (Å²) in [7, 11) is 0. The number of fused-ring (bicyclic) bond motifs is 3. The summed E-state index contributed by atoms with van der Waals surface area (Å²) in [6.07, 6.45) is 1.44. The van der Waals surface area contributed by atoms with Gasteiger partial charge in [0, 0.05) is 39.1 Å². The predicted octanol–water partition coefficient (Wildman–Crippen LogP) is 1.18. The molecule has 150 valence electrons. The zero-order valence-electron chi connectivity index (χ0n) is 16.4. The highest BCUT2D eigenvalue weighted by atomic mass is 16.1. The quantitative estimate of drug-likeness (QED) is 0.529. The van der Waals surface area contributed by atoms with Crippen molar-refractivity contribution in [3.05, 3.63) is 52.1 Å². The molecule has 0 unspecified atom stereocenters. The van der Waals surface area contributed by atoms with Gasteiger partial charge in [-0.25, -0.2) is 0 Å². The molecule has 1 aromatic carbocycles.